The lowest BCUT2D eigenvalue weighted by molar-refractivity contribution is 0.249. The molecule has 0 fully saturated rings. The number of benzene rings is 1. The Balaban J connectivity index is 2.78. The van der Waals surface area contributed by atoms with Crippen LogP contribution in [0.25, 0.3) is 0 Å². The van der Waals surface area contributed by atoms with E-state index in [0.717, 1.165) is 12.1 Å². The van der Waals surface area contributed by atoms with E-state index >= 15 is 0 Å². The molecule has 114 valence electrons. The summed E-state index contributed by atoms with van der Waals surface area (Å²) in [5.74, 6) is 0.287. The van der Waals surface area contributed by atoms with Gasteiger partial charge in [0, 0.05) is 12.2 Å². The summed E-state index contributed by atoms with van der Waals surface area (Å²) in [6.07, 6.45) is 0.755. The van der Waals surface area contributed by atoms with E-state index in [9.17, 15) is 13.5 Å². The van der Waals surface area contributed by atoms with Crippen LogP contribution in [0, 0.1) is 5.92 Å². The van der Waals surface area contributed by atoms with Crippen LogP contribution < -0.4 is 10.0 Å². The summed E-state index contributed by atoms with van der Waals surface area (Å²) in [4.78, 5) is 0.251. The molecule has 0 saturated heterocycles. The fraction of sp³-hybridized carbons (Fsp3) is 0.571. The second-order valence-electron chi connectivity index (χ2n) is 5.10. The molecule has 0 spiro atoms. The third kappa shape index (κ3) is 4.77. The Labute approximate surface area is 121 Å². The van der Waals surface area contributed by atoms with Gasteiger partial charge < -0.3 is 10.4 Å². The van der Waals surface area contributed by atoms with E-state index in [1.807, 2.05) is 20.8 Å². The Morgan fingerprint density at radius 1 is 1.20 bits per heavy atom. The van der Waals surface area contributed by atoms with Crippen molar-refractivity contribution in [3.63, 3.8) is 0 Å². The number of aliphatic hydroxyl groups is 1. The van der Waals surface area contributed by atoms with Crippen LogP contribution in [0.5, 0.6) is 0 Å². The summed E-state index contributed by atoms with van der Waals surface area (Å²) in [5.41, 5.74) is 0.798. The molecule has 0 saturated carbocycles. The molecular formula is C14H24N2O3S. The maximum atomic E-state index is 11.9. The first-order valence-corrected chi connectivity index (χ1v) is 8.36. The highest BCUT2D eigenvalue weighted by atomic mass is 32.2. The van der Waals surface area contributed by atoms with Crippen molar-refractivity contribution < 1.29 is 13.5 Å². The molecule has 0 radical (unpaired) electrons. The van der Waals surface area contributed by atoms with E-state index in [2.05, 4.69) is 10.0 Å². The molecule has 0 aromatic heterocycles. The zero-order chi connectivity index (χ0) is 15.2. The monoisotopic (exact) mass is 300 g/mol. The average molecular weight is 300 g/mol. The van der Waals surface area contributed by atoms with Crippen molar-refractivity contribution in [3.8, 4) is 0 Å². The Morgan fingerprint density at radius 3 is 2.25 bits per heavy atom. The van der Waals surface area contributed by atoms with Gasteiger partial charge in [-0.2, -0.15) is 0 Å². The van der Waals surface area contributed by atoms with E-state index in [0.29, 0.717) is 6.54 Å². The molecule has 1 rings (SSSR count). The molecule has 0 aliphatic carbocycles. The van der Waals surface area contributed by atoms with Crippen molar-refractivity contribution in [2.75, 3.05) is 18.5 Å². The Morgan fingerprint density at radius 2 is 1.80 bits per heavy atom. The Hall–Kier alpha value is -1.11. The van der Waals surface area contributed by atoms with Crippen LogP contribution in [0.1, 0.15) is 27.2 Å². The van der Waals surface area contributed by atoms with Gasteiger partial charge in [0.2, 0.25) is 10.0 Å². The third-order valence-corrected chi connectivity index (χ3v) is 4.54. The molecule has 0 unspecified atom stereocenters. The van der Waals surface area contributed by atoms with Gasteiger partial charge in [0.05, 0.1) is 17.5 Å². The van der Waals surface area contributed by atoms with Gasteiger partial charge in [-0.25, -0.2) is 13.1 Å². The van der Waals surface area contributed by atoms with Crippen LogP contribution in [0.15, 0.2) is 29.2 Å². The molecular weight excluding hydrogens is 276 g/mol. The van der Waals surface area contributed by atoms with E-state index in [1.165, 1.54) is 0 Å². The maximum Gasteiger partial charge on any atom is 0.240 e. The molecule has 6 heteroatoms. The highest BCUT2D eigenvalue weighted by Crippen LogP contribution is 2.16. The highest BCUT2D eigenvalue weighted by Gasteiger charge is 2.14. The number of anilines is 1. The van der Waals surface area contributed by atoms with E-state index in [-0.39, 0.29) is 23.5 Å². The number of aliphatic hydroxyl groups excluding tert-OH is 1. The first-order chi connectivity index (χ1) is 9.40. The predicted molar refractivity (Wildman–Crippen MR) is 81.3 cm³/mol. The molecule has 1 aromatic carbocycles. The lowest BCUT2D eigenvalue weighted by Crippen LogP contribution is -2.29. The molecule has 5 nitrogen and oxygen atoms in total. The maximum absolute atomic E-state index is 11.9. The number of sulfonamides is 1. The van der Waals surface area contributed by atoms with Gasteiger partial charge in [0.25, 0.3) is 0 Å². The molecule has 0 aliphatic heterocycles. The van der Waals surface area contributed by atoms with E-state index < -0.39 is 10.0 Å². The second kappa shape index (κ2) is 7.61. The zero-order valence-corrected chi connectivity index (χ0v) is 13.1. The minimum Gasteiger partial charge on any atom is -0.394 e. The Bertz CT molecular complexity index is 498. The Kier molecular flexibility index (Phi) is 6.45. The van der Waals surface area contributed by atoms with Crippen molar-refractivity contribution in [1.29, 1.82) is 0 Å². The largest absolute Gasteiger partial charge is 0.394 e. The first kappa shape index (κ1) is 16.9. The summed E-state index contributed by atoms with van der Waals surface area (Å²) in [5, 5.41) is 12.5. The van der Waals surface area contributed by atoms with Gasteiger partial charge in [-0.3, -0.25) is 0 Å². The van der Waals surface area contributed by atoms with Crippen LogP contribution in [0.3, 0.4) is 0 Å². The van der Waals surface area contributed by atoms with Gasteiger partial charge in [-0.15, -0.1) is 0 Å². The summed E-state index contributed by atoms with van der Waals surface area (Å²) in [6, 6.07) is 6.51. The second-order valence-corrected chi connectivity index (χ2v) is 6.87. The third-order valence-electron chi connectivity index (χ3n) is 3.06. The first-order valence-electron chi connectivity index (χ1n) is 6.87. The topological polar surface area (TPSA) is 78.4 Å². The lowest BCUT2D eigenvalue weighted by Gasteiger charge is -2.21. The predicted octanol–water partition coefficient (Wildman–Crippen LogP) is 1.80. The molecule has 0 aliphatic rings. The van der Waals surface area contributed by atoms with Gasteiger partial charge in [-0.1, -0.05) is 20.8 Å². The van der Waals surface area contributed by atoms with Crippen LogP contribution >= 0.6 is 0 Å². The van der Waals surface area contributed by atoms with Crippen molar-refractivity contribution in [2.45, 2.75) is 38.1 Å². The van der Waals surface area contributed by atoms with Crippen LogP contribution in [0.4, 0.5) is 5.69 Å². The molecule has 0 heterocycles. The summed E-state index contributed by atoms with van der Waals surface area (Å²) in [7, 11) is -3.42. The van der Waals surface area contributed by atoms with Crippen molar-refractivity contribution >= 4 is 15.7 Å². The van der Waals surface area contributed by atoms with Gasteiger partial charge in [-0.05, 0) is 36.6 Å². The lowest BCUT2D eigenvalue weighted by atomic mass is 10.1. The zero-order valence-electron chi connectivity index (χ0n) is 12.3. The molecule has 20 heavy (non-hydrogen) atoms. The van der Waals surface area contributed by atoms with Crippen molar-refractivity contribution in [2.24, 2.45) is 5.92 Å². The van der Waals surface area contributed by atoms with E-state index in [4.69, 9.17) is 0 Å². The fourth-order valence-corrected chi connectivity index (χ4v) is 2.82. The van der Waals surface area contributed by atoms with Gasteiger partial charge in [0.15, 0.2) is 0 Å². The smallest absolute Gasteiger partial charge is 0.240 e. The molecule has 0 amide bonds. The van der Waals surface area contributed by atoms with Crippen LogP contribution in [0.2, 0.25) is 0 Å². The van der Waals surface area contributed by atoms with Gasteiger partial charge >= 0.3 is 0 Å². The molecule has 3 N–H and O–H groups in total. The molecule has 0 bridgehead atoms. The van der Waals surface area contributed by atoms with E-state index in [1.54, 1.807) is 24.3 Å². The summed E-state index contributed by atoms with van der Waals surface area (Å²) < 4.78 is 26.4. The minimum absolute atomic E-state index is 0.0375. The summed E-state index contributed by atoms with van der Waals surface area (Å²) in [6.45, 7) is 6.41. The SMILES string of the molecule is CCCNS(=O)(=O)c1ccc(N[C@H](CO)C(C)C)cc1. The highest BCUT2D eigenvalue weighted by molar-refractivity contribution is 7.89. The van der Waals surface area contributed by atoms with Crippen molar-refractivity contribution in [1.82, 2.24) is 4.72 Å². The normalized spacial score (nSPS) is 13.4. The molecule has 1 aromatic rings. The minimum atomic E-state index is -3.42. The number of rotatable bonds is 8. The van der Waals surface area contributed by atoms with Crippen LogP contribution in [-0.2, 0) is 10.0 Å². The van der Waals surface area contributed by atoms with Crippen LogP contribution in [-0.4, -0.2) is 32.7 Å². The number of nitrogens with one attached hydrogen (secondary N) is 2. The van der Waals surface area contributed by atoms with Crippen molar-refractivity contribution in [3.05, 3.63) is 24.3 Å². The average Bonchev–Trinajstić information content (AvgIpc) is 2.42. The number of hydrogen-bond acceptors (Lipinski definition) is 4. The summed E-state index contributed by atoms with van der Waals surface area (Å²) >= 11 is 0. The standard InChI is InChI=1S/C14H24N2O3S/c1-4-9-15-20(18,19)13-7-5-12(6-8-13)16-14(10-17)11(2)3/h5-8,11,14-17H,4,9-10H2,1-3H3/t14-/m1/s1. The van der Waals surface area contributed by atoms with Gasteiger partial charge in [0.1, 0.15) is 0 Å². The number of hydrogen-bond donors (Lipinski definition) is 3. The molecule has 1 atom stereocenters. The fourth-order valence-electron chi connectivity index (χ4n) is 1.69. The quantitative estimate of drug-likeness (QED) is 0.684.